The molecule has 0 aromatic carbocycles. The molecule has 2 aliphatic carbocycles. The molecule has 0 heterocycles. The number of nitrogens with one attached hydrogen (secondary N) is 1. The second kappa shape index (κ2) is 7.08. The fraction of sp³-hybridized carbons (Fsp3) is 1.00. The van der Waals surface area contributed by atoms with Gasteiger partial charge in [-0.3, -0.25) is 0 Å². The Labute approximate surface area is 120 Å². The molecule has 0 aliphatic heterocycles. The van der Waals surface area contributed by atoms with Crippen molar-refractivity contribution in [2.45, 2.75) is 83.8 Å². The molecule has 0 aromatic rings. The van der Waals surface area contributed by atoms with Gasteiger partial charge in [-0.1, -0.05) is 27.2 Å². The Hall–Kier alpha value is -0.0800. The molecule has 2 aliphatic rings. The molecule has 0 amide bonds. The SMILES string of the molecule is CCC1CCC(N(C)C2CCC2CNC(C)C)CC1. The largest absolute Gasteiger partial charge is 0.314 e. The van der Waals surface area contributed by atoms with Crippen LogP contribution in [-0.2, 0) is 0 Å². The lowest BCUT2D eigenvalue weighted by molar-refractivity contribution is 0.0293. The molecule has 2 rings (SSSR count). The van der Waals surface area contributed by atoms with E-state index >= 15 is 0 Å². The van der Waals surface area contributed by atoms with Gasteiger partial charge in [-0.2, -0.15) is 0 Å². The Bertz CT molecular complexity index is 256. The fourth-order valence-corrected chi connectivity index (χ4v) is 3.94. The molecule has 112 valence electrons. The van der Waals surface area contributed by atoms with Crippen LogP contribution in [0.25, 0.3) is 0 Å². The maximum atomic E-state index is 3.62. The van der Waals surface area contributed by atoms with E-state index in [9.17, 15) is 0 Å². The fourth-order valence-electron chi connectivity index (χ4n) is 3.94. The molecule has 2 heteroatoms. The normalized spacial score (nSPS) is 35.7. The summed E-state index contributed by atoms with van der Waals surface area (Å²) in [6.45, 7) is 8.08. The molecule has 0 saturated heterocycles. The van der Waals surface area contributed by atoms with E-state index in [1.54, 1.807) is 0 Å². The van der Waals surface area contributed by atoms with Crippen molar-refractivity contribution in [3.63, 3.8) is 0 Å². The van der Waals surface area contributed by atoms with Crippen LogP contribution in [0.3, 0.4) is 0 Å². The maximum absolute atomic E-state index is 3.62. The maximum Gasteiger partial charge on any atom is 0.0136 e. The smallest absolute Gasteiger partial charge is 0.0136 e. The first kappa shape index (κ1) is 15.3. The lowest BCUT2D eigenvalue weighted by Gasteiger charge is -2.48. The van der Waals surface area contributed by atoms with E-state index in [1.807, 2.05) is 0 Å². The summed E-state index contributed by atoms with van der Waals surface area (Å²) >= 11 is 0. The molecule has 1 N–H and O–H groups in total. The Morgan fingerprint density at radius 3 is 2.21 bits per heavy atom. The Balaban J connectivity index is 1.75. The first-order valence-corrected chi connectivity index (χ1v) is 8.57. The van der Waals surface area contributed by atoms with Gasteiger partial charge in [0.05, 0.1) is 0 Å². The summed E-state index contributed by atoms with van der Waals surface area (Å²) in [5, 5.41) is 3.62. The minimum atomic E-state index is 0.631. The van der Waals surface area contributed by atoms with Crippen LogP contribution in [0.2, 0.25) is 0 Å². The van der Waals surface area contributed by atoms with Gasteiger partial charge < -0.3 is 10.2 Å². The molecular formula is C17H34N2. The van der Waals surface area contributed by atoms with Gasteiger partial charge >= 0.3 is 0 Å². The van der Waals surface area contributed by atoms with E-state index in [0.29, 0.717) is 6.04 Å². The van der Waals surface area contributed by atoms with Gasteiger partial charge in [0.1, 0.15) is 0 Å². The summed E-state index contributed by atoms with van der Waals surface area (Å²) in [7, 11) is 2.39. The first-order valence-electron chi connectivity index (χ1n) is 8.57. The minimum absolute atomic E-state index is 0.631. The number of hydrogen-bond donors (Lipinski definition) is 1. The number of nitrogens with zero attached hydrogens (tertiary/aromatic N) is 1. The quantitative estimate of drug-likeness (QED) is 0.789. The Morgan fingerprint density at radius 2 is 1.74 bits per heavy atom. The molecule has 0 aromatic heterocycles. The van der Waals surface area contributed by atoms with Crippen molar-refractivity contribution in [3.8, 4) is 0 Å². The average molecular weight is 266 g/mol. The second-order valence-electron chi connectivity index (χ2n) is 7.22. The van der Waals surface area contributed by atoms with Crippen LogP contribution < -0.4 is 5.32 Å². The minimum Gasteiger partial charge on any atom is -0.314 e. The second-order valence-corrected chi connectivity index (χ2v) is 7.22. The van der Waals surface area contributed by atoms with Gasteiger partial charge in [0.2, 0.25) is 0 Å². The van der Waals surface area contributed by atoms with Gasteiger partial charge in [0.25, 0.3) is 0 Å². The molecule has 2 fully saturated rings. The summed E-state index contributed by atoms with van der Waals surface area (Å²) in [6, 6.07) is 2.36. The molecule has 0 radical (unpaired) electrons. The van der Waals surface area contributed by atoms with Crippen molar-refractivity contribution in [2.75, 3.05) is 13.6 Å². The molecule has 2 unspecified atom stereocenters. The predicted molar refractivity (Wildman–Crippen MR) is 83.5 cm³/mol. The van der Waals surface area contributed by atoms with Crippen molar-refractivity contribution in [3.05, 3.63) is 0 Å². The van der Waals surface area contributed by atoms with Crippen LogP contribution in [0.4, 0.5) is 0 Å². The predicted octanol–water partition coefficient (Wildman–Crippen LogP) is 3.66. The van der Waals surface area contributed by atoms with E-state index < -0.39 is 0 Å². The molecular weight excluding hydrogens is 232 g/mol. The monoisotopic (exact) mass is 266 g/mol. The van der Waals surface area contributed by atoms with E-state index in [-0.39, 0.29) is 0 Å². The van der Waals surface area contributed by atoms with Crippen LogP contribution in [0.1, 0.15) is 65.7 Å². The van der Waals surface area contributed by atoms with Crippen molar-refractivity contribution in [1.82, 2.24) is 10.2 Å². The molecule has 0 bridgehead atoms. The molecule has 2 saturated carbocycles. The van der Waals surface area contributed by atoms with Crippen LogP contribution in [0, 0.1) is 11.8 Å². The third-order valence-electron chi connectivity index (χ3n) is 5.66. The van der Waals surface area contributed by atoms with E-state index in [4.69, 9.17) is 0 Å². The summed E-state index contributed by atoms with van der Waals surface area (Å²) in [4.78, 5) is 2.74. The zero-order valence-electron chi connectivity index (χ0n) is 13.5. The standard InChI is InChI=1S/C17H34N2/c1-5-14-6-9-16(10-7-14)19(4)17-11-8-15(17)12-18-13(2)3/h13-18H,5-12H2,1-4H3. The highest BCUT2D eigenvalue weighted by Gasteiger charge is 2.37. The summed E-state index contributed by atoms with van der Waals surface area (Å²) in [6.07, 6.45) is 10.1. The highest BCUT2D eigenvalue weighted by Crippen LogP contribution is 2.36. The third kappa shape index (κ3) is 3.95. The Kier molecular flexibility index (Phi) is 5.70. The van der Waals surface area contributed by atoms with Crippen LogP contribution in [-0.4, -0.2) is 36.6 Å². The third-order valence-corrected chi connectivity index (χ3v) is 5.66. The molecule has 2 atom stereocenters. The van der Waals surface area contributed by atoms with Crippen molar-refractivity contribution in [1.29, 1.82) is 0 Å². The average Bonchev–Trinajstić information content (AvgIpc) is 2.37. The number of rotatable bonds is 6. The molecule has 0 spiro atoms. The lowest BCUT2D eigenvalue weighted by Crippen LogP contribution is -2.53. The Morgan fingerprint density at radius 1 is 1.05 bits per heavy atom. The van der Waals surface area contributed by atoms with E-state index in [1.165, 1.54) is 51.5 Å². The lowest BCUT2D eigenvalue weighted by atomic mass is 9.76. The highest BCUT2D eigenvalue weighted by atomic mass is 15.2. The van der Waals surface area contributed by atoms with E-state index in [2.05, 4.69) is 38.0 Å². The molecule has 2 nitrogen and oxygen atoms in total. The number of hydrogen-bond acceptors (Lipinski definition) is 2. The van der Waals surface area contributed by atoms with Crippen molar-refractivity contribution >= 4 is 0 Å². The van der Waals surface area contributed by atoms with Gasteiger partial charge in [0, 0.05) is 18.1 Å². The van der Waals surface area contributed by atoms with Gasteiger partial charge in [-0.05, 0) is 64.0 Å². The summed E-state index contributed by atoms with van der Waals surface area (Å²) < 4.78 is 0. The van der Waals surface area contributed by atoms with E-state index in [0.717, 1.165) is 23.9 Å². The van der Waals surface area contributed by atoms with Crippen LogP contribution >= 0.6 is 0 Å². The first-order chi connectivity index (χ1) is 9.11. The zero-order chi connectivity index (χ0) is 13.8. The van der Waals surface area contributed by atoms with Crippen LogP contribution in [0.5, 0.6) is 0 Å². The summed E-state index contributed by atoms with van der Waals surface area (Å²) in [5.74, 6) is 1.92. The topological polar surface area (TPSA) is 15.3 Å². The highest BCUT2D eigenvalue weighted by molar-refractivity contribution is 4.92. The van der Waals surface area contributed by atoms with Crippen molar-refractivity contribution < 1.29 is 0 Å². The zero-order valence-corrected chi connectivity index (χ0v) is 13.5. The molecule has 19 heavy (non-hydrogen) atoms. The van der Waals surface area contributed by atoms with Gasteiger partial charge in [-0.15, -0.1) is 0 Å². The van der Waals surface area contributed by atoms with Crippen molar-refractivity contribution in [2.24, 2.45) is 11.8 Å². The van der Waals surface area contributed by atoms with Gasteiger partial charge in [-0.25, -0.2) is 0 Å². The van der Waals surface area contributed by atoms with Gasteiger partial charge in [0.15, 0.2) is 0 Å². The van der Waals surface area contributed by atoms with Crippen LogP contribution in [0.15, 0.2) is 0 Å². The summed E-state index contributed by atoms with van der Waals surface area (Å²) in [5.41, 5.74) is 0.